The van der Waals surface area contributed by atoms with E-state index in [2.05, 4.69) is 4.72 Å². The van der Waals surface area contributed by atoms with Crippen molar-refractivity contribution in [2.75, 3.05) is 0 Å². The fourth-order valence-corrected chi connectivity index (χ4v) is 2.98. The Morgan fingerprint density at radius 3 is 2.19 bits per heavy atom. The Hall–Kier alpha value is -1.93. The molecule has 4 N–H and O–H groups in total. The summed E-state index contributed by atoms with van der Waals surface area (Å²) in [7, 11) is -3.99. The van der Waals surface area contributed by atoms with E-state index < -0.39 is 27.9 Å². The highest BCUT2D eigenvalue weighted by atomic mass is 32.2. The first-order chi connectivity index (χ1) is 9.69. The number of hydrogen-bond acceptors (Lipinski definition) is 4. The molecule has 1 amide bonds. The summed E-state index contributed by atoms with van der Waals surface area (Å²) in [6, 6.07) is 3.75. The first kappa shape index (κ1) is 17.1. The lowest BCUT2D eigenvalue weighted by molar-refractivity contribution is -0.140. The maximum absolute atomic E-state index is 12.2. The number of aliphatic carboxylic acids is 1. The SMILES string of the molecule is CCC(C)C(NS(=O)(=O)c1ccc(C(N)=O)cc1)C(=O)O. The molecule has 0 spiro atoms. The van der Waals surface area contributed by atoms with Crippen molar-refractivity contribution in [2.24, 2.45) is 11.7 Å². The number of benzene rings is 1. The number of carboxylic acid groups (broad SMARTS) is 1. The van der Waals surface area contributed by atoms with Crippen LogP contribution in [0.4, 0.5) is 0 Å². The van der Waals surface area contributed by atoms with Crippen molar-refractivity contribution in [3.63, 3.8) is 0 Å². The Morgan fingerprint density at radius 2 is 1.81 bits per heavy atom. The Bertz CT molecular complexity index is 624. The largest absolute Gasteiger partial charge is 0.480 e. The smallest absolute Gasteiger partial charge is 0.322 e. The zero-order valence-corrected chi connectivity index (χ0v) is 12.6. The van der Waals surface area contributed by atoms with Crippen LogP contribution in [0.25, 0.3) is 0 Å². The minimum atomic E-state index is -3.99. The number of nitrogens with two attached hydrogens (primary N) is 1. The highest BCUT2D eigenvalue weighted by Crippen LogP contribution is 2.15. The second-order valence-electron chi connectivity index (χ2n) is 4.71. The van der Waals surface area contributed by atoms with Crippen molar-refractivity contribution in [2.45, 2.75) is 31.2 Å². The summed E-state index contributed by atoms with van der Waals surface area (Å²) in [5.41, 5.74) is 5.24. The summed E-state index contributed by atoms with van der Waals surface area (Å²) in [4.78, 5) is 22.0. The predicted octanol–water partition coefficient (Wildman–Crippen LogP) is 0.563. The number of carboxylic acids is 1. The van der Waals surface area contributed by atoms with Gasteiger partial charge in [-0.1, -0.05) is 20.3 Å². The normalized spacial score (nSPS) is 14.4. The maximum Gasteiger partial charge on any atom is 0.322 e. The highest BCUT2D eigenvalue weighted by molar-refractivity contribution is 7.89. The first-order valence-electron chi connectivity index (χ1n) is 6.34. The molecule has 0 aliphatic heterocycles. The van der Waals surface area contributed by atoms with Crippen LogP contribution in [0.3, 0.4) is 0 Å². The third-order valence-electron chi connectivity index (χ3n) is 3.21. The molecule has 116 valence electrons. The van der Waals surface area contributed by atoms with Crippen LogP contribution < -0.4 is 10.5 Å². The molecule has 21 heavy (non-hydrogen) atoms. The summed E-state index contributed by atoms with van der Waals surface area (Å²) in [6.07, 6.45) is 0.514. The van der Waals surface area contributed by atoms with E-state index in [1.807, 2.05) is 0 Å². The van der Waals surface area contributed by atoms with Crippen molar-refractivity contribution in [1.82, 2.24) is 4.72 Å². The molecule has 8 heteroatoms. The standard InChI is InChI=1S/C13H18N2O5S/c1-3-8(2)11(13(17)18)15-21(19,20)10-6-4-9(5-7-10)12(14)16/h4-8,11,15H,3H2,1-2H3,(H2,14,16)(H,17,18). The number of carbonyl (C=O) groups excluding carboxylic acids is 1. The Balaban J connectivity index is 3.04. The molecule has 0 bridgehead atoms. The minimum Gasteiger partial charge on any atom is -0.480 e. The molecular formula is C13H18N2O5S. The van der Waals surface area contributed by atoms with Crippen LogP contribution in [0.2, 0.25) is 0 Å². The van der Waals surface area contributed by atoms with Crippen LogP contribution in [0.5, 0.6) is 0 Å². The monoisotopic (exact) mass is 314 g/mol. The summed E-state index contributed by atoms with van der Waals surface area (Å²) >= 11 is 0. The molecule has 1 rings (SSSR count). The average molecular weight is 314 g/mol. The predicted molar refractivity (Wildman–Crippen MR) is 76.2 cm³/mol. The van der Waals surface area contributed by atoms with Crippen LogP contribution in [0.15, 0.2) is 29.2 Å². The number of amides is 1. The Kier molecular flexibility index (Phi) is 5.45. The minimum absolute atomic E-state index is 0.123. The van der Waals surface area contributed by atoms with Gasteiger partial charge in [-0.25, -0.2) is 8.42 Å². The zero-order chi connectivity index (χ0) is 16.2. The van der Waals surface area contributed by atoms with Crippen LogP contribution in [-0.2, 0) is 14.8 Å². The maximum atomic E-state index is 12.2. The van der Waals surface area contributed by atoms with Gasteiger partial charge >= 0.3 is 5.97 Å². The molecule has 1 aromatic rings. The molecule has 0 saturated carbocycles. The third kappa shape index (κ3) is 4.27. The lowest BCUT2D eigenvalue weighted by atomic mass is 10.0. The van der Waals surface area contributed by atoms with Gasteiger partial charge in [-0.05, 0) is 30.2 Å². The van der Waals surface area contributed by atoms with Crippen LogP contribution in [0.1, 0.15) is 30.6 Å². The average Bonchev–Trinajstić information content (AvgIpc) is 2.43. The van der Waals surface area contributed by atoms with Gasteiger partial charge < -0.3 is 10.8 Å². The van der Waals surface area contributed by atoms with Crippen LogP contribution in [0, 0.1) is 5.92 Å². The molecule has 0 fully saturated rings. The lowest BCUT2D eigenvalue weighted by Gasteiger charge is -2.20. The van der Waals surface area contributed by atoms with Gasteiger partial charge in [-0.15, -0.1) is 0 Å². The van der Waals surface area contributed by atoms with E-state index in [0.717, 1.165) is 0 Å². The fraction of sp³-hybridized carbons (Fsp3) is 0.385. The molecule has 1 aromatic carbocycles. The van der Waals surface area contributed by atoms with Gasteiger partial charge in [0, 0.05) is 5.56 Å². The summed E-state index contributed by atoms with van der Waals surface area (Å²) in [6.45, 7) is 3.42. The van der Waals surface area contributed by atoms with Gasteiger partial charge in [0.1, 0.15) is 6.04 Å². The van der Waals surface area contributed by atoms with Gasteiger partial charge in [-0.2, -0.15) is 4.72 Å². The molecule has 0 saturated heterocycles. The molecule has 0 aromatic heterocycles. The van der Waals surface area contributed by atoms with E-state index in [0.29, 0.717) is 6.42 Å². The summed E-state index contributed by atoms with van der Waals surface area (Å²) in [5.74, 6) is -2.27. The number of nitrogens with one attached hydrogen (secondary N) is 1. The lowest BCUT2D eigenvalue weighted by Crippen LogP contribution is -2.44. The van der Waals surface area contributed by atoms with E-state index in [-0.39, 0.29) is 16.4 Å². The Labute approximate surface area is 123 Å². The number of sulfonamides is 1. The molecule has 0 heterocycles. The molecule has 2 unspecified atom stereocenters. The van der Waals surface area contributed by atoms with Gasteiger partial charge in [0.2, 0.25) is 15.9 Å². The van der Waals surface area contributed by atoms with E-state index in [4.69, 9.17) is 10.8 Å². The van der Waals surface area contributed by atoms with Gasteiger partial charge in [0.25, 0.3) is 0 Å². The number of hydrogen-bond donors (Lipinski definition) is 3. The highest BCUT2D eigenvalue weighted by Gasteiger charge is 2.29. The summed E-state index contributed by atoms with van der Waals surface area (Å²) in [5, 5.41) is 9.11. The first-order valence-corrected chi connectivity index (χ1v) is 7.82. The van der Waals surface area contributed by atoms with Crippen LogP contribution in [-0.4, -0.2) is 31.4 Å². The Morgan fingerprint density at radius 1 is 1.29 bits per heavy atom. The number of primary amides is 1. The molecule has 2 atom stereocenters. The number of carbonyl (C=O) groups is 2. The van der Waals surface area contributed by atoms with E-state index in [9.17, 15) is 18.0 Å². The van der Waals surface area contributed by atoms with Crippen molar-refractivity contribution in [1.29, 1.82) is 0 Å². The molecular weight excluding hydrogens is 296 g/mol. The third-order valence-corrected chi connectivity index (χ3v) is 4.67. The second kappa shape index (κ2) is 6.68. The molecule has 0 radical (unpaired) electrons. The van der Waals surface area contributed by atoms with E-state index in [1.54, 1.807) is 13.8 Å². The van der Waals surface area contributed by atoms with Gasteiger partial charge in [0.05, 0.1) is 4.90 Å². The van der Waals surface area contributed by atoms with E-state index in [1.165, 1.54) is 24.3 Å². The van der Waals surface area contributed by atoms with Gasteiger partial charge in [0.15, 0.2) is 0 Å². The van der Waals surface area contributed by atoms with E-state index >= 15 is 0 Å². The zero-order valence-electron chi connectivity index (χ0n) is 11.7. The fourth-order valence-electron chi connectivity index (χ4n) is 1.68. The summed E-state index contributed by atoms with van der Waals surface area (Å²) < 4.78 is 26.5. The topological polar surface area (TPSA) is 127 Å². The van der Waals surface area contributed by atoms with Gasteiger partial charge in [-0.3, -0.25) is 9.59 Å². The molecule has 0 aliphatic carbocycles. The number of rotatable bonds is 7. The molecule has 7 nitrogen and oxygen atoms in total. The van der Waals surface area contributed by atoms with Crippen molar-refractivity contribution >= 4 is 21.9 Å². The van der Waals surface area contributed by atoms with Crippen LogP contribution >= 0.6 is 0 Å². The molecule has 0 aliphatic rings. The van der Waals surface area contributed by atoms with Crippen molar-refractivity contribution < 1.29 is 23.1 Å². The van der Waals surface area contributed by atoms with Crippen molar-refractivity contribution in [3.05, 3.63) is 29.8 Å². The van der Waals surface area contributed by atoms with Crippen molar-refractivity contribution in [3.8, 4) is 0 Å². The quantitative estimate of drug-likeness (QED) is 0.678. The second-order valence-corrected chi connectivity index (χ2v) is 6.43.